The van der Waals surface area contributed by atoms with Crippen LogP contribution >= 0.6 is 11.8 Å². The van der Waals surface area contributed by atoms with Crippen molar-refractivity contribution in [1.29, 1.82) is 5.26 Å². The third kappa shape index (κ3) is 4.36. The lowest BCUT2D eigenvalue weighted by Gasteiger charge is -2.14. The fourth-order valence-corrected chi connectivity index (χ4v) is 3.59. The van der Waals surface area contributed by atoms with Gasteiger partial charge in [-0.05, 0) is 62.1 Å². The van der Waals surface area contributed by atoms with Gasteiger partial charge in [0.15, 0.2) is 0 Å². The van der Waals surface area contributed by atoms with E-state index in [-0.39, 0.29) is 4.90 Å². The Hall–Kier alpha value is -1.78. The standard InChI is InChI=1S/C15H17N3O2S2/c1-12-6-8-14(9-7-12)22(19,20)18-17-10-13-4-2-3-5-15(13)21-11-16/h6-10,18H,2-5H2,1H3/b17-10+. The van der Waals surface area contributed by atoms with E-state index in [4.69, 9.17) is 5.26 Å². The van der Waals surface area contributed by atoms with Crippen molar-refractivity contribution in [2.24, 2.45) is 5.10 Å². The second-order valence-corrected chi connectivity index (χ2v) is 7.56. The van der Waals surface area contributed by atoms with Crippen LogP contribution in [0.1, 0.15) is 31.2 Å². The van der Waals surface area contributed by atoms with Gasteiger partial charge < -0.3 is 0 Å². The zero-order valence-corrected chi connectivity index (χ0v) is 13.9. The number of hydrazone groups is 1. The van der Waals surface area contributed by atoms with Crippen molar-refractivity contribution in [3.05, 3.63) is 40.3 Å². The molecule has 1 aliphatic rings. The van der Waals surface area contributed by atoms with Gasteiger partial charge in [-0.1, -0.05) is 17.7 Å². The smallest absolute Gasteiger partial charge is 0.200 e. The molecule has 0 saturated heterocycles. The molecule has 0 unspecified atom stereocenters. The number of hydrogen-bond acceptors (Lipinski definition) is 5. The number of rotatable bonds is 5. The maximum absolute atomic E-state index is 12.1. The molecular weight excluding hydrogens is 318 g/mol. The lowest BCUT2D eigenvalue weighted by Crippen LogP contribution is -2.18. The number of nitriles is 1. The molecule has 1 N–H and O–H groups in total. The fraction of sp³-hybridized carbons (Fsp3) is 0.333. The van der Waals surface area contributed by atoms with Gasteiger partial charge in [0.25, 0.3) is 10.0 Å². The molecule has 116 valence electrons. The molecule has 5 nitrogen and oxygen atoms in total. The van der Waals surface area contributed by atoms with Crippen LogP contribution in [0, 0.1) is 17.6 Å². The molecule has 0 atom stereocenters. The summed E-state index contributed by atoms with van der Waals surface area (Å²) in [5.74, 6) is 0. The molecular formula is C15H17N3O2S2. The van der Waals surface area contributed by atoms with Gasteiger partial charge in [-0.15, -0.1) is 0 Å². The van der Waals surface area contributed by atoms with Crippen LogP contribution in [0.4, 0.5) is 0 Å². The van der Waals surface area contributed by atoms with E-state index in [0.29, 0.717) is 0 Å². The van der Waals surface area contributed by atoms with E-state index in [0.717, 1.165) is 53.5 Å². The van der Waals surface area contributed by atoms with Gasteiger partial charge >= 0.3 is 0 Å². The van der Waals surface area contributed by atoms with Crippen LogP contribution in [0.15, 0.2) is 44.7 Å². The second-order valence-electron chi connectivity index (χ2n) is 5.01. The summed E-state index contributed by atoms with van der Waals surface area (Å²) in [5, 5.41) is 14.7. The molecule has 0 spiro atoms. The fourth-order valence-electron chi connectivity index (χ4n) is 2.15. The van der Waals surface area contributed by atoms with Crippen LogP contribution in [0.2, 0.25) is 0 Å². The van der Waals surface area contributed by atoms with E-state index in [1.54, 1.807) is 24.3 Å². The zero-order valence-electron chi connectivity index (χ0n) is 12.2. The van der Waals surface area contributed by atoms with Gasteiger partial charge in [0.05, 0.1) is 11.1 Å². The highest BCUT2D eigenvalue weighted by Gasteiger charge is 2.14. The van der Waals surface area contributed by atoms with Crippen LogP contribution < -0.4 is 4.83 Å². The Kier molecular flexibility index (Phi) is 5.63. The zero-order chi connectivity index (χ0) is 16.0. The number of benzene rings is 1. The van der Waals surface area contributed by atoms with Crippen molar-refractivity contribution < 1.29 is 8.42 Å². The largest absolute Gasteiger partial charge is 0.276 e. The summed E-state index contributed by atoms with van der Waals surface area (Å²) in [6.45, 7) is 1.89. The van der Waals surface area contributed by atoms with E-state index >= 15 is 0 Å². The van der Waals surface area contributed by atoms with Gasteiger partial charge in [-0.2, -0.15) is 18.8 Å². The Labute approximate surface area is 135 Å². The molecule has 22 heavy (non-hydrogen) atoms. The summed E-state index contributed by atoms with van der Waals surface area (Å²) < 4.78 is 24.2. The number of nitrogens with one attached hydrogen (secondary N) is 1. The van der Waals surface area contributed by atoms with Crippen molar-refractivity contribution in [1.82, 2.24) is 4.83 Å². The topological polar surface area (TPSA) is 82.3 Å². The van der Waals surface area contributed by atoms with Crippen LogP contribution in [-0.2, 0) is 10.0 Å². The molecule has 0 bridgehead atoms. The first-order valence-corrected chi connectivity index (χ1v) is 9.22. The summed E-state index contributed by atoms with van der Waals surface area (Å²) in [4.78, 5) is 3.38. The van der Waals surface area contributed by atoms with Crippen molar-refractivity contribution in [2.45, 2.75) is 37.5 Å². The molecule has 2 rings (SSSR count). The number of thioether (sulfide) groups is 1. The molecule has 0 aromatic heterocycles. The number of allylic oxidation sites excluding steroid dienone is 2. The average Bonchev–Trinajstić information content (AvgIpc) is 2.49. The Morgan fingerprint density at radius 2 is 1.95 bits per heavy atom. The van der Waals surface area contributed by atoms with E-state index in [1.807, 2.05) is 6.92 Å². The number of nitrogens with zero attached hydrogens (tertiary/aromatic N) is 2. The molecule has 0 fully saturated rings. The summed E-state index contributed by atoms with van der Waals surface area (Å²) in [5.41, 5.74) is 1.93. The first-order chi connectivity index (χ1) is 10.5. The number of thiocyanates is 1. The van der Waals surface area contributed by atoms with E-state index in [1.165, 1.54) is 6.21 Å². The second kappa shape index (κ2) is 7.47. The molecule has 1 aromatic rings. The normalized spacial score (nSPS) is 15.8. The third-order valence-electron chi connectivity index (χ3n) is 3.35. The van der Waals surface area contributed by atoms with Gasteiger partial charge in [-0.25, -0.2) is 4.83 Å². The molecule has 0 amide bonds. The third-order valence-corrected chi connectivity index (χ3v) is 5.39. The van der Waals surface area contributed by atoms with E-state index in [9.17, 15) is 8.42 Å². The number of sulfonamides is 1. The van der Waals surface area contributed by atoms with E-state index in [2.05, 4.69) is 15.3 Å². The van der Waals surface area contributed by atoms with Gasteiger partial charge in [0, 0.05) is 4.91 Å². The average molecular weight is 335 g/mol. The molecule has 0 radical (unpaired) electrons. The maximum Gasteiger partial charge on any atom is 0.276 e. The Morgan fingerprint density at radius 3 is 2.64 bits per heavy atom. The van der Waals surface area contributed by atoms with Crippen molar-refractivity contribution in [3.8, 4) is 5.40 Å². The van der Waals surface area contributed by atoms with Crippen LogP contribution in [0.5, 0.6) is 0 Å². The number of hydrogen-bond donors (Lipinski definition) is 1. The maximum atomic E-state index is 12.1. The van der Waals surface area contributed by atoms with Crippen LogP contribution in [-0.4, -0.2) is 14.6 Å². The predicted octanol–water partition coefficient (Wildman–Crippen LogP) is 3.30. The monoisotopic (exact) mass is 335 g/mol. The van der Waals surface area contributed by atoms with Gasteiger partial charge in [-0.3, -0.25) is 0 Å². The first-order valence-electron chi connectivity index (χ1n) is 6.92. The molecule has 7 heteroatoms. The Balaban J connectivity index is 2.11. The minimum atomic E-state index is -3.65. The summed E-state index contributed by atoms with van der Waals surface area (Å²) in [6.07, 6.45) is 5.27. The van der Waals surface area contributed by atoms with Gasteiger partial charge in [0.2, 0.25) is 0 Å². The Bertz CT molecular complexity index is 729. The highest BCUT2D eigenvalue weighted by molar-refractivity contribution is 8.07. The van der Waals surface area contributed by atoms with Crippen molar-refractivity contribution in [3.63, 3.8) is 0 Å². The first kappa shape index (κ1) is 16.6. The highest BCUT2D eigenvalue weighted by atomic mass is 32.2. The highest BCUT2D eigenvalue weighted by Crippen LogP contribution is 2.31. The Morgan fingerprint density at radius 1 is 1.27 bits per heavy atom. The molecule has 1 aliphatic carbocycles. The van der Waals surface area contributed by atoms with E-state index < -0.39 is 10.0 Å². The van der Waals surface area contributed by atoms with Crippen LogP contribution in [0.25, 0.3) is 0 Å². The van der Waals surface area contributed by atoms with Crippen molar-refractivity contribution >= 4 is 28.0 Å². The quantitative estimate of drug-likeness (QED) is 0.508. The van der Waals surface area contributed by atoms with Crippen molar-refractivity contribution in [2.75, 3.05) is 0 Å². The summed E-state index contributed by atoms with van der Waals surface area (Å²) in [7, 11) is -3.65. The molecule has 0 saturated carbocycles. The lowest BCUT2D eigenvalue weighted by atomic mass is 10.0. The summed E-state index contributed by atoms with van der Waals surface area (Å²) >= 11 is 1.13. The minimum Gasteiger partial charge on any atom is -0.200 e. The predicted molar refractivity (Wildman–Crippen MR) is 88.7 cm³/mol. The SMILES string of the molecule is Cc1ccc(S(=O)(=O)N/N=C/C2=C(SC#N)CCCC2)cc1. The summed E-state index contributed by atoms with van der Waals surface area (Å²) in [6, 6.07) is 6.57. The lowest BCUT2D eigenvalue weighted by molar-refractivity contribution is 0.584. The van der Waals surface area contributed by atoms with Gasteiger partial charge in [0.1, 0.15) is 5.40 Å². The molecule has 0 aliphatic heterocycles. The minimum absolute atomic E-state index is 0.180. The molecule has 1 aromatic carbocycles. The number of aryl methyl sites for hydroxylation is 1. The molecule has 0 heterocycles. The van der Waals surface area contributed by atoms with Crippen LogP contribution in [0.3, 0.4) is 0 Å².